The van der Waals surface area contributed by atoms with Crippen LogP contribution in [0.25, 0.3) is 0 Å². The number of allylic oxidation sites excluding steroid dienone is 2. The van der Waals surface area contributed by atoms with Crippen molar-refractivity contribution in [1.29, 1.82) is 0 Å². The van der Waals surface area contributed by atoms with Crippen molar-refractivity contribution in [1.82, 2.24) is 0 Å². The molecule has 0 bridgehead atoms. The molecule has 0 aliphatic rings. The van der Waals surface area contributed by atoms with E-state index in [4.69, 9.17) is 4.74 Å². The Balaban J connectivity index is 2.12. The molecule has 1 rings (SSSR count). The first-order chi connectivity index (χ1) is 12.7. The van der Waals surface area contributed by atoms with Crippen molar-refractivity contribution in [3.05, 3.63) is 41.5 Å². The minimum Gasteiger partial charge on any atom is -0.507 e. The van der Waals surface area contributed by atoms with Crippen LogP contribution in [0.1, 0.15) is 93.5 Å². The molecule has 1 aromatic carbocycles. The Morgan fingerprint density at radius 2 is 1.58 bits per heavy atom. The summed E-state index contributed by atoms with van der Waals surface area (Å²) in [5.41, 5.74) is 1.20. The molecule has 146 valence electrons. The lowest BCUT2D eigenvalue weighted by Gasteiger charge is -2.09. The largest absolute Gasteiger partial charge is 0.507 e. The first-order valence-corrected chi connectivity index (χ1v) is 10.2. The van der Waals surface area contributed by atoms with Crippen LogP contribution in [0.5, 0.6) is 5.75 Å². The fraction of sp³-hybridized carbons (Fsp3) is 0.609. The summed E-state index contributed by atoms with van der Waals surface area (Å²) in [5.74, 6) is -0.449. The molecule has 3 nitrogen and oxygen atoms in total. The Morgan fingerprint density at radius 3 is 2.23 bits per heavy atom. The van der Waals surface area contributed by atoms with Crippen molar-refractivity contribution in [2.45, 2.75) is 84.0 Å². The topological polar surface area (TPSA) is 46.5 Å². The second-order valence-electron chi connectivity index (χ2n) is 6.93. The van der Waals surface area contributed by atoms with E-state index in [0.29, 0.717) is 5.56 Å². The lowest BCUT2D eigenvalue weighted by atomic mass is 9.99. The fourth-order valence-electron chi connectivity index (χ4n) is 3.17. The number of phenols is 1. The van der Waals surface area contributed by atoms with E-state index in [1.165, 1.54) is 71.0 Å². The van der Waals surface area contributed by atoms with E-state index >= 15 is 0 Å². The number of hydrogen-bond donors (Lipinski definition) is 1. The Hall–Kier alpha value is -1.77. The summed E-state index contributed by atoms with van der Waals surface area (Å²) < 4.78 is 4.77. The van der Waals surface area contributed by atoms with E-state index in [1.54, 1.807) is 6.07 Å². The molecule has 26 heavy (non-hydrogen) atoms. The maximum absolute atomic E-state index is 11.8. The lowest BCUT2D eigenvalue weighted by Crippen LogP contribution is -2.06. The number of ether oxygens (including phenoxy) is 1. The van der Waals surface area contributed by atoms with E-state index < -0.39 is 5.97 Å². The third-order valence-electron chi connectivity index (χ3n) is 4.73. The van der Waals surface area contributed by atoms with Gasteiger partial charge in [-0.15, -0.1) is 0 Å². The van der Waals surface area contributed by atoms with Gasteiger partial charge in [0.15, 0.2) is 0 Å². The van der Waals surface area contributed by atoms with Gasteiger partial charge >= 0.3 is 5.97 Å². The van der Waals surface area contributed by atoms with Gasteiger partial charge in [0, 0.05) is 0 Å². The van der Waals surface area contributed by atoms with Gasteiger partial charge in [0.05, 0.1) is 7.11 Å². The van der Waals surface area contributed by atoms with Crippen molar-refractivity contribution in [3.63, 3.8) is 0 Å². The molecular weight excluding hydrogens is 324 g/mol. The van der Waals surface area contributed by atoms with Crippen LogP contribution in [-0.4, -0.2) is 18.2 Å². The zero-order valence-corrected chi connectivity index (χ0v) is 16.6. The van der Waals surface area contributed by atoms with Crippen LogP contribution in [0.3, 0.4) is 0 Å². The minimum atomic E-state index is -0.459. The normalized spacial score (nSPS) is 11.2. The quantitative estimate of drug-likeness (QED) is 0.231. The number of esters is 1. The third-order valence-corrected chi connectivity index (χ3v) is 4.73. The number of methoxy groups -OCH3 is 1. The summed E-state index contributed by atoms with van der Waals surface area (Å²) in [5, 5.41) is 9.89. The molecule has 1 N–H and O–H groups in total. The van der Waals surface area contributed by atoms with Crippen LogP contribution < -0.4 is 0 Å². The molecule has 0 fully saturated rings. The molecule has 0 aliphatic carbocycles. The summed E-state index contributed by atoms with van der Waals surface area (Å²) >= 11 is 0. The van der Waals surface area contributed by atoms with Crippen molar-refractivity contribution in [3.8, 4) is 5.75 Å². The van der Waals surface area contributed by atoms with Crippen LogP contribution >= 0.6 is 0 Å². The van der Waals surface area contributed by atoms with Gasteiger partial charge in [-0.05, 0) is 50.2 Å². The molecule has 0 spiro atoms. The Bertz CT molecular complexity index is 534. The highest BCUT2D eigenvalue weighted by atomic mass is 16.5. The van der Waals surface area contributed by atoms with Gasteiger partial charge in [0.2, 0.25) is 0 Å². The smallest absolute Gasteiger partial charge is 0.341 e. The average Bonchev–Trinajstić information content (AvgIpc) is 2.65. The number of aromatic hydroxyl groups is 1. The molecule has 1 aromatic rings. The van der Waals surface area contributed by atoms with E-state index in [2.05, 4.69) is 19.1 Å². The number of rotatable bonds is 14. The summed E-state index contributed by atoms with van der Waals surface area (Å²) in [6.07, 6.45) is 19.1. The third kappa shape index (κ3) is 9.07. The summed E-state index contributed by atoms with van der Waals surface area (Å²) in [7, 11) is 1.35. The minimum absolute atomic E-state index is 0.0100. The molecule has 0 amide bonds. The summed E-state index contributed by atoms with van der Waals surface area (Å²) in [6.45, 7) is 2.25. The summed E-state index contributed by atoms with van der Waals surface area (Å²) in [6, 6.07) is 5.22. The van der Waals surface area contributed by atoms with Gasteiger partial charge in [-0.2, -0.15) is 0 Å². The zero-order chi connectivity index (χ0) is 19.0. The number of hydrogen-bond acceptors (Lipinski definition) is 3. The Morgan fingerprint density at radius 1 is 0.962 bits per heavy atom. The van der Waals surface area contributed by atoms with E-state index in [0.717, 1.165) is 24.8 Å². The molecule has 3 heteroatoms. The molecule has 0 unspecified atom stereocenters. The van der Waals surface area contributed by atoms with E-state index in [-0.39, 0.29) is 5.75 Å². The second kappa shape index (κ2) is 14.4. The van der Waals surface area contributed by atoms with E-state index in [1.807, 2.05) is 6.07 Å². The van der Waals surface area contributed by atoms with Gasteiger partial charge < -0.3 is 9.84 Å². The van der Waals surface area contributed by atoms with Crippen molar-refractivity contribution < 1.29 is 14.6 Å². The first kappa shape index (κ1) is 22.3. The monoisotopic (exact) mass is 360 g/mol. The van der Waals surface area contributed by atoms with Crippen LogP contribution in [0.15, 0.2) is 30.4 Å². The van der Waals surface area contributed by atoms with Gasteiger partial charge in [0.25, 0.3) is 0 Å². The van der Waals surface area contributed by atoms with Crippen LogP contribution in [0.4, 0.5) is 0 Å². The predicted molar refractivity (Wildman–Crippen MR) is 109 cm³/mol. The fourth-order valence-corrected chi connectivity index (χ4v) is 3.17. The van der Waals surface area contributed by atoms with Crippen LogP contribution in [0, 0.1) is 0 Å². The number of benzene rings is 1. The molecule has 0 heterocycles. The highest BCUT2D eigenvalue weighted by Crippen LogP contribution is 2.23. The highest BCUT2D eigenvalue weighted by molar-refractivity contribution is 5.94. The summed E-state index contributed by atoms with van der Waals surface area (Å²) in [4.78, 5) is 11.8. The second-order valence-corrected chi connectivity index (χ2v) is 6.93. The molecule has 0 aromatic heterocycles. The molecule has 0 aliphatic heterocycles. The maximum atomic E-state index is 11.8. The molecule has 0 radical (unpaired) electrons. The molecular formula is C23H36O3. The number of carbonyl (C=O) groups excluding carboxylic acids is 1. The van der Waals surface area contributed by atoms with Gasteiger partial charge in [-0.25, -0.2) is 4.79 Å². The predicted octanol–water partition coefficient (Wildman–Crippen LogP) is 6.59. The van der Waals surface area contributed by atoms with Crippen molar-refractivity contribution in [2.24, 2.45) is 0 Å². The van der Waals surface area contributed by atoms with Crippen molar-refractivity contribution >= 4 is 5.97 Å². The number of phenolic OH excluding ortho intramolecular Hbond substituents is 1. The Labute approximate surface area is 159 Å². The Kier molecular flexibility index (Phi) is 12.3. The van der Waals surface area contributed by atoms with Gasteiger partial charge in [-0.3, -0.25) is 0 Å². The average molecular weight is 361 g/mol. The van der Waals surface area contributed by atoms with Gasteiger partial charge in [-0.1, -0.05) is 69.7 Å². The molecule has 0 saturated heterocycles. The maximum Gasteiger partial charge on any atom is 0.341 e. The molecule has 0 atom stereocenters. The van der Waals surface area contributed by atoms with Gasteiger partial charge in [0.1, 0.15) is 11.3 Å². The van der Waals surface area contributed by atoms with Crippen molar-refractivity contribution in [2.75, 3.05) is 7.11 Å². The van der Waals surface area contributed by atoms with Crippen LogP contribution in [-0.2, 0) is 11.2 Å². The van der Waals surface area contributed by atoms with E-state index in [9.17, 15) is 9.90 Å². The SMILES string of the molecule is CCCCCC/C=C\CCCCCCCc1cccc(O)c1C(=O)OC. The number of unbranched alkanes of at least 4 members (excludes halogenated alkanes) is 9. The lowest BCUT2D eigenvalue weighted by molar-refractivity contribution is 0.0596. The van der Waals surface area contributed by atoms with Crippen LogP contribution in [0.2, 0.25) is 0 Å². The number of carbonyl (C=O) groups is 1. The number of aryl methyl sites for hydroxylation is 1. The highest BCUT2D eigenvalue weighted by Gasteiger charge is 2.16. The zero-order valence-electron chi connectivity index (χ0n) is 16.6. The molecule has 0 saturated carbocycles. The standard InChI is InChI=1S/C23H36O3/c1-3-4-5-6-7-8-9-10-11-12-13-14-15-17-20-18-16-19-21(24)22(20)23(25)26-2/h8-9,16,18-19,24H,3-7,10-15,17H2,1-2H3/b9-8-. The first-order valence-electron chi connectivity index (χ1n) is 10.2.